The summed E-state index contributed by atoms with van der Waals surface area (Å²) >= 11 is 13.7. The van der Waals surface area contributed by atoms with Crippen molar-refractivity contribution in [2.75, 3.05) is 23.7 Å². The van der Waals surface area contributed by atoms with Gasteiger partial charge in [-0.05, 0) is 66.8 Å². The maximum atomic E-state index is 11.0. The fourth-order valence-electron chi connectivity index (χ4n) is 5.13. The van der Waals surface area contributed by atoms with Crippen LogP contribution in [0.1, 0.15) is 41.3 Å². The Kier molecular flexibility index (Phi) is 6.94. The van der Waals surface area contributed by atoms with Gasteiger partial charge < -0.3 is 22.1 Å². The number of amides is 1. The number of carbonyl (C=O) groups excluding carboxylic acids is 1. The van der Waals surface area contributed by atoms with Crippen LogP contribution in [0.4, 0.5) is 11.6 Å². The first kappa shape index (κ1) is 25.6. The Morgan fingerprint density at radius 3 is 2.68 bits per heavy atom. The zero-order valence-corrected chi connectivity index (χ0v) is 22.4. The number of pyridine rings is 1. The third-order valence-corrected chi connectivity index (χ3v) is 9.10. The van der Waals surface area contributed by atoms with E-state index in [0.29, 0.717) is 15.7 Å². The van der Waals surface area contributed by atoms with Crippen molar-refractivity contribution in [1.29, 1.82) is 0 Å². The number of nitrogens with two attached hydrogens (primary N) is 3. The van der Waals surface area contributed by atoms with E-state index in [-0.39, 0.29) is 16.6 Å². The number of primary amides is 1. The van der Waals surface area contributed by atoms with E-state index < -0.39 is 5.91 Å². The number of hydrogen-bond acceptors (Lipinski definition) is 8. The molecular formula is C26H25Cl2N7OS. The minimum atomic E-state index is -0.645. The zero-order chi connectivity index (χ0) is 26.3. The topological polar surface area (TPSA) is 137 Å². The van der Waals surface area contributed by atoms with E-state index in [1.54, 1.807) is 12.3 Å². The van der Waals surface area contributed by atoms with Gasteiger partial charge in [-0.3, -0.25) is 4.79 Å². The van der Waals surface area contributed by atoms with Gasteiger partial charge >= 0.3 is 0 Å². The standard InChI is InChI=1S/C26H25Cl2N7OS/c1-14-25(37-18-11-19(29)34-24(28)22(18)27)32-13-21(33-14)35-8-6-26(7-9-35)12-16-4-2-15(3-5-20(30)36)10-17(16)23(26)31/h2,4,10-11,13,23H,6-9,12,31H2,1H3,(H2,29,34)(H2,30,36)/t23-/m1/s1. The van der Waals surface area contributed by atoms with Gasteiger partial charge in [0.1, 0.15) is 16.7 Å². The van der Waals surface area contributed by atoms with Gasteiger partial charge in [-0.2, -0.15) is 0 Å². The van der Waals surface area contributed by atoms with E-state index in [4.69, 9.17) is 45.4 Å². The summed E-state index contributed by atoms with van der Waals surface area (Å²) in [6.45, 7) is 3.59. The van der Waals surface area contributed by atoms with Crippen molar-refractivity contribution in [2.24, 2.45) is 16.9 Å². The molecule has 2 aromatic heterocycles. The Hall–Kier alpha value is -3.03. The number of nitrogens with zero attached hydrogens (tertiary/aromatic N) is 4. The highest BCUT2D eigenvalue weighted by Crippen LogP contribution is 2.51. The lowest BCUT2D eigenvalue weighted by Crippen LogP contribution is -2.44. The van der Waals surface area contributed by atoms with Crippen molar-refractivity contribution in [3.63, 3.8) is 0 Å². The highest BCUT2D eigenvalue weighted by Gasteiger charge is 2.46. The van der Waals surface area contributed by atoms with E-state index in [1.807, 2.05) is 19.1 Å². The van der Waals surface area contributed by atoms with Gasteiger partial charge in [-0.1, -0.05) is 47.0 Å². The lowest BCUT2D eigenvalue weighted by molar-refractivity contribution is -0.112. The number of fused-ring (bicyclic) bond motifs is 1. The Balaban J connectivity index is 1.28. The van der Waals surface area contributed by atoms with E-state index in [2.05, 4.69) is 32.8 Å². The minimum Gasteiger partial charge on any atom is -0.384 e. The van der Waals surface area contributed by atoms with Gasteiger partial charge in [-0.15, -0.1) is 0 Å². The number of nitrogen functional groups attached to an aromatic ring is 1. The van der Waals surface area contributed by atoms with Crippen LogP contribution in [0.25, 0.3) is 0 Å². The summed E-state index contributed by atoms with van der Waals surface area (Å²) in [5.41, 5.74) is 21.7. The van der Waals surface area contributed by atoms with Gasteiger partial charge in [0.2, 0.25) is 0 Å². The monoisotopic (exact) mass is 553 g/mol. The number of halogens is 2. The van der Waals surface area contributed by atoms with Crippen LogP contribution in [0.2, 0.25) is 10.2 Å². The van der Waals surface area contributed by atoms with Crippen molar-refractivity contribution >= 4 is 52.5 Å². The first-order valence-electron chi connectivity index (χ1n) is 11.7. The normalized spacial score (nSPS) is 17.8. The van der Waals surface area contributed by atoms with Gasteiger partial charge in [0.25, 0.3) is 5.91 Å². The molecule has 1 atom stereocenters. The number of piperidine rings is 1. The fraction of sp³-hybridized carbons (Fsp3) is 0.308. The van der Waals surface area contributed by atoms with E-state index in [1.165, 1.54) is 17.3 Å². The molecule has 1 aliphatic carbocycles. The molecule has 3 aromatic rings. The number of hydrogen-bond donors (Lipinski definition) is 3. The Morgan fingerprint density at radius 1 is 1.22 bits per heavy atom. The molecule has 8 nitrogen and oxygen atoms in total. The molecule has 5 rings (SSSR count). The lowest BCUT2D eigenvalue weighted by Gasteiger charge is -2.42. The molecule has 1 spiro atoms. The molecule has 1 saturated heterocycles. The second kappa shape index (κ2) is 10.0. The maximum absolute atomic E-state index is 11.0. The van der Waals surface area contributed by atoms with Crippen molar-refractivity contribution in [3.05, 3.63) is 63.0 Å². The smallest absolute Gasteiger partial charge is 0.293 e. The number of benzene rings is 1. The molecule has 0 radical (unpaired) electrons. The van der Waals surface area contributed by atoms with Gasteiger partial charge in [0.15, 0.2) is 5.15 Å². The van der Waals surface area contributed by atoms with Crippen LogP contribution in [0.5, 0.6) is 0 Å². The largest absolute Gasteiger partial charge is 0.384 e. The molecule has 37 heavy (non-hydrogen) atoms. The molecule has 11 heteroatoms. The zero-order valence-electron chi connectivity index (χ0n) is 20.1. The van der Waals surface area contributed by atoms with Crippen LogP contribution in [-0.2, 0) is 11.2 Å². The van der Waals surface area contributed by atoms with Crippen LogP contribution >= 0.6 is 35.0 Å². The average molecular weight is 555 g/mol. The highest BCUT2D eigenvalue weighted by molar-refractivity contribution is 7.99. The molecule has 1 aromatic carbocycles. The van der Waals surface area contributed by atoms with Crippen molar-refractivity contribution in [1.82, 2.24) is 15.0 Å². The molecule has 1 fully saturated rings. The van der Waals surface area contributed by atoms with Crippen LogP contribution < -0.4 is 22.1 Å². The van der Waals surface area contributed by atoms with Crippen molar-refractivity contribution in [3.8, 4) is 11.8 Å². The van der Waals surface area contributed by atoms with Crippen LogP contribution in [0.3, 0.4) is 0 Å². The first-order chi connectivity index (χ1) is 17.6. The van der Waals surface area contributed by atoms with E-state index in [0.717, 1.165) is 60.0 Å². The number of anilines is 2. The molecule has 6 N–H and O–H groups in total. The Labute approximate surface area is 229 Å². The number of aryl methyl sites for hydroxylation is 1. The van der Waals surface area contributed by atoms with E-state index >= 15 is 0 Å². The lowest BCUT2D eigenvalue weighted by atomic mass is 9.73. The third-order valence-electron chi connectivity index (χ3n) is 7.10. The number of aromatic nitrogens is 3. The SMILES string of the molecule is Cc1nc(N2CCC3(CC2)Cc2ccc(C#CC(N)=O)cc2[C@H]3N)cnc1Sc1cc(N)nc(Cl)c1Cl. The van der Waals surface area contributed by atoms with E-state index in [9.17, 15) is 4.79 Å². The minimum absolute atomic E-state index is 0.00979. The summed E-state index contributed by atoms with van der Waals surface area (Å²) in [4.78, 5) is 27.4. The van der Waals surface area contributed by atoms with Crippen LogP contribution in [0, 0.1) is 24.2 Å². The molecule has 2 aliphatic rings. The summed E-state index contributed by atoms with van der Waals surface area (Å²) in [5, 5.41) is 1.23. The molecule has 1 amide bonds. The number of carbonyl (C=O) groups is 1. The second-order valence-corrected chi connectivity index (χ2v) is 11.2. The maximum Gasteiger partial charge on any atom is 0.293 e. The van der Waals surface area contributed by atoms with Gasteiger partial charge in [-0.25, -0.2) is 15.0 Å². The molecule has 0 unspecified atom stereocenters. The van der Waals surface area contributed by atoms with Gasteiger partial charge in [0.05, 0.1) is 16.9 Å². The third kappa shape index (κ3) is 5.07. The Morgan fingerprint density at radius 2 is 1.97 bits per heavy atom. The molecule has 0 saturated carbocycles. The summed E-state index contributed by atoms with van der Waals surface area (Å²) < 4.78 is 0. The fourth-order valence-corrected chi connectivity index (χ4v) is 6.47. The average Bonchev–Trinajstić information content (AvgIpc) is 3.13. The molecule has 3 heterocycles. The van der Waals surface area contributed by atoms with Gasteiger partial charge in [0, 0.05) is 29.6 Å². The predicted octanol–water partition coefficient (Wildman–Crippen LogP) is 3.90. The van der Waals surface area contributed by atoms with Crippen molar-refractivity contribution in [2.45, 2.75) is 42.1 Å². The van der Waals surface area contributed by atoms with Crippen LogP contribution in [0.15, 0.2) is 40.4 Å². The van der Waals surface area contributed by atoms with Crippen LogP contribution in [-0.4, -0.2) is 33.9 Å². The second-order valence-electron chi connectivity index (χ2n) is 9.40. The first-order valence-corrected chi connectivity index (χ1v) is 13.3. The number of rotatable bonds is 3. The summed E-state index contributed by atoms with van der Waals surface area (Å²) in [7, 11) is 0. The summed E-state index contributed by atoms with van der Waals surface area (Å²) in [5.74, 6) is 5.70. The summed E-state index contributed by atoms with van der Waals surface area (Å²) in [6.07, 6.45) is 4.60. The molecule has 1 aliphatic heterocycles. The Bertz CT molecular complexity index is 1460. The summed E-state index contributed by atoms with van der Waals surface area (Å²) in [6, 6.07) is 7.58. The molecular weight excluding hydrogens is 529 g/mol. The molecule has 190 valence electrons. The predicted molar refractivity (Wildman–Crippen MR) is 147 cm³/mol. The quantitative estimate of drug-likeness (QED) is 0.328. The molecule has 0 bridgehead atoms. The highest BCUT2D eigenvalue weighted by atomic mass is 35.5. The van der Waals surface area contributed by atoms with Crippen molar-refractivity contribution < 1.29 is 4.79 Å².